The summed E-state index contributed by atoms with van der Waals surface area (Å²) in [5.74, 6) is -4.44. The number of hydrogen-bond acceptors (Lipinski definition) is 3. The van der Waals surface area contributed by atoms with Crippen LogP contribution in [0.4, 0.5) is 23.2 Å². The third-order valence-electron chi connectivity index (χ3n) is 2.09. The van der Waals surface area contributed by atoms with E-state index in [1.54, 1.807) is 0 Å². The second kappa shape index (κ2) is 5.63. The lowest BCUT2D eigenvalue weighted by atomic mass is 10.3. The smallest absolute Gasteiger partial charge is 0.320 e. The van der Waals surface area contributed by atoms with Crippen LogP contribution >= 0.6 is 15.9 Å². The normalized spacial score (nSPS) is 12.9. The maximum atomic E-state index is 12.6. The van der Waals surface area contributed by atoms with Crippen LogP contribution in [0.5, 0.6) is 0 Å². The summed E-state index contributed by atoms with van der Waals surface area (Å²) in [5, 5.41) is 0. The molecule has 1 aromatic carbocycles. The molecule has 0 atom stereocenters. The highest BCUT2D eigenvalue weighted by atomic mass is 79.9. The highest BCUT2D eigenvalue weighted by Gasteiger charge is 2.41. The molecule has 1 rings (SSSR count). The molecule has 0 aliphatic carbocycles. The van der Waals surface area contributed by atoms with Crippen molar-refractivity contribution in [3.05, 3.63) is 22.7 Å². The van der Waals surface area contributed by atoms with Gasteiger partial charge < -0.3 is 5.73 Å². The summed E-state index contributed by atoms with van der Waals surface area (Å²) in [5.41, 5.74) is 5.51. The summed E-state index contributed by atoms with van der Waals surface area (Å²) in [7, 11) is -4.33. The molecule has 19 heavy (non-hydrogen) atoms. The molecule has 0 aliphatic rings. The molecule has 0 bridgehead atoms. The van der Waals surface area contributed by atoms with Crippen LogP contribution in [0.1, 0.15) is 0 Å². The zero-order valence-electron chi connectivity index (χ0n) is 9.21. The van der Waals surface area contributed by atoms with Crippen LogP contribution in [0, 0.1) is 0 Å². The number of nitrogens with one attached hydrogen (secondary N) is 1. The van der Waals surface area contributed by atoms with E-state index < -0.39 is 33.8 Å². The van der Waals surface area contributed by atoms with Gasteiger partial charge in [0, 0.05) is 10.2 Å². The quantitative estimate of drug-likeness (QED) is 0.621. The standard InChI is InChI=1S/C9H9BrF4N2O2S/c10-6-2-1-5(3-7(6)15)19(17,18)16-4-9(13,14)8(11)12/h1-3,8,16H,4,15H2. The Labute approximate surface area is 115 Å². The molecule has 4 nitrogen and oxygen atoms in total. The average molecular weight is 365 g/mol. The molecule has 0 spiro atoms. The highest BCUT2D eigenvalue weighted by Crippen LogP contribution is 2.24. The minimum Gasteiger partial charge on any atom is -0.398 e. The van der Waals surface area contributed by atoms with Gasteiger partial charge in [-0.05, 0) is 34.1 Å². The molecule has 10 heteroatoms. The van der Waals surface area contributed by atoms with E-state index in [-0.39, 0.29) is 5.69 Å². The molecule has 0 unspecified atom stereocenters. The van der Waals surface area contributed by atoms with Gasteiger partial charge in [0.1, 0.15) is 0 Å². The molecule has 108 valence electrons. The van der Waals surface area contributed by atoms with Crippen molar-refractivity contribution >= 4 is 31.6 Å². The predicted octanol–water partition coefficient (Wildman–Crippen LogP) is 2.21. The van der Waals surface area contributed by atoms with Crippen LogP contribution in [0.15, 0.2) is 27.6 Å². The van der Waals surface area contributed by atoms with Crippen molar-refractivity contribution in [2.75, 3.05) is 12.3 Å². The first kappa shape index (κ1) is 16.2. The molecule has 0 fully saturated rings. The fraction of sp³-hybridized carbons (Fsp3) is 0.333. The molecular formula is C9H9BrF4N2O2S. The van der Waals surface area contributed by atoms with Crippen LogP contribution in [0.3, 0.4) is 0 Å². The van der Waals surface area contributed by atoms with Gasteiger partial charge in [-0.2, -0.15) is 8.78 Å². The number of hydrogen-bond donors (Lipinski definition) is 2. The van der Waals surface area contributed by atoms with Crippen LogP contribution < -0.4 is 10.5 Å². The third-order valence-corrected chi connectivity index (χ3v) is 4.22. The number of benzene rings is 1. The Morgan fingerprint density at radius 1 is 1.37 bits per heavy atom. The van der Waals surface area contributed by atoms with Gasteiger partial charge in [-0.25, -0.2) is 21.9 Å². The van der Waals surface area contributed by atoms with Crippen molar-refractivity contribution in [2.45, 2.75) is 17.2 Å². The van der Waals surface area contributed by atoms with Gasteiger partial charge in [0.2, 0.25) is 10.0 Å². The predicted molar refractivity (Wildman–Crippen MR) is 64.7 cm³/mol. The Kier molecular flexibility index (Phi) is 4.80. The lowest BCUT2D eigenvalue weighted by Gasteiger charge is -2.16. The number of nitrogen functional groups attached to an aromatic ring is 1. The maximum absolute atomic E-state index is 12.6. The van der Waals surface area contributed by atoms with Crippen molar-refractivity contribution < 1.29 is 26.0 Å². The fourth-order valence-corrected chi connectivity index (χ4v) is 2.37. The molecule has 0 radical (unpaired) electrons. The van der Waals surface area contributed by atoms with Gasteiger partial charge in [0.15, 0.2) is 0 Å². The molecule has 0 heterocycles. The van der Waals surface area contributed by atoms with E-state index in [1.807, 2.05) is 0 Å². The topological polar surface area (TPSA) is 72.2 Å². The summed E-state index contributed by atoms with van der Waals surface area (Å²) in [6.07, 6.45) is -3.95. The van der Waals surface area contributed by atoms with E-state index >= 15 is 0 Å². The van der Waals surface area contributed by atoms with E-state index in [2.05, 4.69) is 15.9 Å². The van der Waals surface area contributed by atoms with E-state index in [0.717, 1.165) is 12.1 Å². The molecular weight excluding hydrogens is 356 g/mol. The maximum Gasteiger partial charge on any atom is 0.320 e. The van der Waals surface area contributed by atoms with Crippen LogP contribution in [-0.4, -0.2) is 27.3 Å². The second-order valence-corrected chi connectivity index (χ2v) is 6.19. The second-order valence-electron chi connectivity index (χ2n) is 3.57. The van der Waals surface area contributed by atoms with Crippen molar-refractivity contribution in [2.24, 2.45) is 0 Å². The number of nitrogens with two attached hydrogens (primary N) is 1. The molecule has 0 aliphatic heterocycles. The number of sulfonamides is 1. The Hall–Kier alpha value is -0.870. The minimum atomic E-state index is -4.44. The van der Waals surface area contributed by atoms with E-state index in [4.69, 9.17) is 5.73 Å². The third kappa shape index (κ3) is 4.05. The van der Waals surface area contributed by atoms with Crippen molar-refractivity contribution in [3.63, 3.8) is 0 Å². The first-order valence-electron chi connectivity index (χ1n) is 4.77. The Balaban J connectivity index is 2.90. The highest BCUT2D eigenvalue weighted by molar-refractivity contribution is 9.10. The molecule has 3 N–H and O–H groups in total. The molecule has 0 aromatic heterocycles. The van der Waals surface area contributed by atoms with Crippen molar-refractivity contribution in [3.8, 4) is 0 Å². The molecule has 1 aromatic rings. The van der Waals surface area contributed by atoms with E-state index in [1.165, 1.54) is 10.8 Å². The number of alkyl halides is 4. The fourth-order valence-electron chi connectivity index (χ4n) is 1.04. The van der Waals surface area contributed by atoms with Gasteiger partial charge in [-0.1, -0.05) is 0 Å². The summed E-state index contributed by atoms with van der Waals surface area (Å²) in [6, 6.07) is 3.42. The Morgan fingerprint density at radius 3 is 2.42 bits per heavy atom. The number of halogens is 5. The lowest BCUT2D eigenvalue weighted by molar-refractivity contribution is -0.122. The SMILES string of the molecule is Nc1cc(S(=O)(=O)NCC(F)(F)C(F)F)ccc1Br. The van der Waals surface area contributed by atoms with Gasteiger partial charge >= 0.3 is 12.3 Å². The van der Waals surface area contributed by atoms with E-state index in [9.17, 15) is 26.0 Å². The Morgan fingerprint density at radius 2 is 1.95 bits per heavy atom. The van der Waals surface area contributed by atoms with Crippen molar-refractivity contribution in [1.29, 1.82) is 0 Å². The summed E-state index contributed by atoms with van der Waals surface area (Å²) in [4.78, 5) is -0.390. The molecule has 0 amide bonds. The zero-order valence-corrected chi connectivity index (χ0v) is 11.6. The minimum absolute atomic E-state index is 0.0727. The van der Waals surface area contributed by atoms with E-state index in [0.29, 0.717) is 4.47 Å². The van der Waals surface area contributed by atoms with Crippen LogP contribution in [0.25, 0.3) is 0 Å². The monoisotopic (exact) mass is 364 g/mol. The van der Waals surface area contributed by atoms with Crippen LogP contribution in [0.2, 0.25) is 0 Å². The summed E-state index contributed by atoms with van der Waals surface area (Å²) >= 11 is 3.03. The van der Waals surface area contributed by atoms with Crippen molar-refractivity contribution in [1.82, 2.24) is 4.72 Å². The van der Waals surface area contributed by atoms with Gasteiger partial charge in [-0.15, -0.1) is 0 Å². The Bertz CT molecular complexity index is 565. The lowest BCUT2D eigenvalue weighted by Crippen LogP contribution is -2.41. The van der Waals surface area contributed by atoms with Gasteiger partial charge in [0.25, 0.3) is 0 Å². The van der Waals surface area contributed by atoms with Gasteiger partial charge in [0.05, 0.1) is 11.4 Å². The molecule has 0 saturated carbocycles. The van der Waals surface area contributed by atoms with Gasteiger partial charge in [-0.3, -0.25) is 0 Å². The molecule has 0 saturated heterocycles. The summed E-state index contributed by atoms with van der Waals surface area (Å²) in [6.45, 7) is -1.69. The first-order valence-corrected chi connectivity index (χ1v) is 7.04. The number of anilines is 1. The summed E-state index contributed by atoms with van der Waals surface area (Å²) < 4.78 is 74.1. The first-order chi connectivity index (χ1) is 8.56. The average Bonchev–Trinajstić information content (AvgIpc) is 2.30. The number of rotatable bonds is 5. The zero-order chi connectivity index (χ0) is 14.8. The largest absolute Gasteiger partial charge is 0.398 e. The van der Waals surface area contributed by atoms with Crippen LogP contribution in [-0.2, 0) is 10.0 Å².